The molecular weight excluding hydrogens is 226 g/mol. The molecule has 2 N–H and O–H groups in total. The second-order valence-electron chi connectivity index (χ2n) is 6.41. The monoisotopic (exact) mass is 253 g/mol. The van der Waals surface area contributed by atoms with Crippen LogP contribution in [0.15, 0.2) is 0 Å². The van der Waals surface area contributed by atoms with Crippen molar-refractivity contribution < 1.29 is 4.79 Å². The van der Waals surface area contributed by atoms with Crippen molar-refractivity contribution in [2.24, 2.45) is 17.1 Å². The maximum Gasteiger partial charge on any atom is 0.222 e. The zero-order valence-electron chi connectivity index (χ0n) is 11.8. The highest BCUT2D eigenvalue weighted by Gasteiger charge is 2.42. The normalized spacial score (nSPS) is 26.3. The van der Waals surface area contributed by atoms with Crippen LogP contribution in [0.4, 0.5) is 0 Å². The first-order valence-electron chi connectivity index (χ1n) is 7.17. The van der Waals surface area contributed by atoms with Crippen LogP contribution < -0.4 is 5.73 Å². The summed E-state index contributed by atoms with van der Waals surface area (Å²) in [4.78, 5) is 16.3. The fraction of sp³-hybridized carbons (Fsp3) is 0.929. The number of carbonyl (C=O) groups is 1. The van der Waals surface area contributed by atoms with Gasteiger partial charge in [0.15, 0.2) is 0 Å². The first kappa shape index (κ1) is 13.8. The van der Waals surface area contributed by atoms with Crippen LogP contribution in [0.25, 0.3) is 0 Å². The largest absolute Gasteiger partial charge is 0.345 e. The van der Waals surface area contributed by atoms with E-state index in [0.717, 1.165) is 32.0 Å². The number of carbonyl (C=O) groups excluding carboxylic acids is 1. The van der Waals surface area contributed by atoms with Gasteiger partial charge in [0, 0.05) is 32.0 Å². The van der Waals surface area contributed by atoms with Crippen LogP contribution >= 0.6 is 0 Å². The molecular formula is C14H27N3O. The molecule has 4 nitrogen and oxygen atoms in total. The summed E-state index contributed by atoms with van der Waals surface area (Å²) in [6.45, 7) is 3.92. The molecule has 0 spiro atoms. The summed E-state index contributed by atoms with van der Waals surface area (Å²) in [6, 6.07) is 0. The van der Waals surface area contributed by atoms with Gasteiger partial charge >= 0.3 is 0 Å². The summed E-state index contributed by atoms with van der Waals surface area (Å²) in [5.74, 6) is 1.01. The molecule has 0 radical (unpaired) electrons. The molecule has 0 aromatic rings. The summed E-state index contributed by atoms with van der Waals surface area (Å²) < 4.78 is 0. The van der Waals surface area contributed by atoms with E-state index in [9.17, 15) is 4.79 Å². The van der Waals surface area contributed by atoms with Crippen molar-refractivity contribution in [3.05, 3.63) is 0 Å². The second-order valence-corrected chi connectivity index (χ2v) is 6.41. The van der Waals surface area contributed by atoms with Crippen molar-refractivity contribution in [3.8, 4) is 0 Å². The first-order chi connectivity index (χ1) is 8.54. The van der Waals surface area contributed by atoms with Gasteiger partial charge in [-0.15, -0.1) is 0 Å². The minimum atomic E-state index is 0.262. The van der Waals surface area contributed by atoms with E-state index < -0.39 is 0 Å². The van der Waals surface area contributed by atoms with E-state index in [1.165, 1.54) is 25.8 Å². The maximum atomic E-state index is 12.1. The summed E-state index contributed by atoms with van der Waals surface area (Å²) in [7, 11) is 4.09. The highest BCUT2D eigenvalue weighted by atomic mass is 16.2. The van der Waals surface area contributed by atoms with Crippen molar-refractivity contribution >= 4 is 5.91 Å². The average Bonchev–Trinajstić information content (AvgIpc) is 3.00. The number of nitrogens with two attached hydrogens (primary N) is 1. The third-order valence-electron chi connectivity index (χ3n) is 4.64. The first-order valence-corrected chi connectivity index (χ1v) is 7.17. The molecule has 1 amide bonds. The Morgan fingerprint density at radius 1 is 1.50 bits per heavy atom. The Hall–Kier alpha value is -0.610. The zero-order chi connectivity index (χ0) is 13.2. The van der Waals surface area contributed by atoms with Gasteiger partial charge in [-0.05, 0) is 51.7 Å². The second kappa shape index (κ2) is 5.57. The molecule has 1 aliphatic heterocycles. The molecule has 2 rings (SSSR count). The lowest BCUT2D eigenvalue weighted by Crippen LogP contribution is -2.35. The Balaban J connectivity index is 1.67. The van der Waals surface area contributed by atoms with E-state index in [1.54, 1.807) is 0 Å². The van der Waals surface area contributed by atoms with Crippen molar-refractivity contribution in [1.82, 2.24) is 9.80 Å². The fourth-order valence-corrected chi connectivity index (χ4v) is 2.98. The summed E-state index contributed by atoms with van der Waals surface area (Å²) >= 11 is 0. The molecule has 2 fully saturated rings. The van der Waals surface area contributed by atoms with Crippen molar-refractivity contribution in [2.45, 2.75) is 32.1 Å². The highest BCUT2D eigenvalue weighted by Crippen LogP contribution is 2.44. The lowest BCUT2D eigenvalue weighted by molar-refractivity contribution is -0.130. The molecule has 1 atom stereocenters. The third-order valence-corrected chi connectivity index (χ3v) is 4.64. The van der Waals surface area contributed by atoms with Gasteiger partial charge in [0.05, 0.1) is 0 Å². The number of rotatable bonds is 6. The van der Waals surface area contributed by atoms with E-state index in [-0.39, 0.29) is 5.41 Å². The van der Waals surface area contributed by atoms with Gasteiger partial charge in [-0.3, -0.25) is 4.79 Å². The third kappa shape index (κ3) is 3.45. The summed E-state index contributed by atoms with van der Waals surface area (Å²) in [5.41, 5.74) is 6.02. The fourth-order valence-electron chi connectivity index (χ4n) is 2.98. The van der Waals surface area contributed by atoms with Gasteiger partial charge in [-0.1, -0.05) is 0 Å². The number of nitrogens with zero attached hydrogens (tertiary/aromatic N) is 2. The SMILES string of the molecule is CN1CCC(CCC(=O)N(C)CC2(CN)CC2)C1. The zero-order valence-corrected chi connectivity index (χ0v) is 11.8. The number of hydrogen-bond acceptors (Lipinski definition) is 3. The smallest absolute Gasteiger partial charge is 0.222 e. The molecule has 2 aliphatic rings. The Labute approximate surface area is 110 Å². The van der Waals surface area contributed by atoms with Crippen LogP contribution in [0.1, 0.15) is 32.1 Å². The van der Waals surface area contributed by atoms with Crippen LogP contribution in [-0.4, -0.2) is 56.0 Å². The van der Waals surface area contributed by atoms with Crippen molar-refractivity contribution in [1.29, 1.82) is 0 Å². The summed E-state index contributed by atoms with van der Waals surface area (Å²) in [5, 5.41) is 0. The Morgan fingerprint density at radius 3 is 2.72 bits per heavy atom. The van der Waals surface area contributed by atoms with Crippen LogP contribution in [0.5, 0.6) is 0 Å². The molecule has 1 saturated heterocycles. The number of amides is 1. The molecule has 1 aliphatic carbocycles. The predicted octanol–water partition coefficient (Wildman–Crippen LogP) is 0.916. The number of likely N-dealkylation sites (tertiary alicyclic amines) is 1. The van der Waals surface area contributed by atoms with Gasteiger partial charge in [0.1, 0.15) is 0 Å². The van der Waals surface area contributed by atoms with Gasteiger partial charge in [-0.2, -0.15) is 0 Å². The van der Waals surface area contributed by atoms with Crippen LogP contribution in [0.3, 0.4) is 0 Å². The maximum absolute atomic E-state index is 12.1. The molecule has 18 heavy (non-hydrogen) atoms. The van der Waals surface area contributed by atoms with Gasteiger partial charge in [-0.25, -0.2) is 0 Å². The Bertz CT molecular complexity index is 301. The van der Waals surface area contributed by atoms with Crippen LogP contribution in [-0.2, 0) is 4.79 Å². The van der Waals surface area contributed by atoms with E-state index in [4.69, 9.17) is 5.73 Å². The Kier molecular flexibility index (Phi) is 4.28. The quantitative estimate of drug-likeness (QED) is 0.765. The van der Waals surface area contributed by atoms with Gasteiger partial charge in [0.2, 0.25) is 5.91 Å². The molecule has 1 saturated carbocycles. The topological polar surface area (TPSA) is 49.6 Å². The molecule has 4 heteroatoms. The molecule has 0 aromatic carbocycles. The minimum Gasteiger partial charge on any atom is -0.345 e. The van der Waals surface area contributed by atoms with E-state index in [2.05, 4.69) is 11.9 Å². The van der Waals surface area contributed by atoms with Crippen LogP contribution in [0.2, 0.25) is 0 Å². The standard InChI is InChI=1S/C14H27N3O/c1-16-8-5-12(9-16)3-4-13(18)17(2)11-14(10-15)6-7-14/h12H,3-11,15H2,1-2H3. The van der Waals surface area contributed by atoms with E-state index in [1.807, 2.05) is 11.9 Å². The predicted molar refractivity (Wildman–Crippen MR) is 73.2 cm³/mol. The molecule has 0 aromatic heterocycles. The average molecular weight is 253 g/mol. The minimum absolute atomic E-state index is 0.262. The van der Waals surface area contributed by atoms with Crippen LogP contribution in [0, 0.1) is 11.3 Å². The molecule has 1 unspecified atom stereocenters. The lowest BCUT2D eigenvalue weighted by atomic mass is 10.0. The summed E-state index contributed by atoms with van der Waals surface area (Å²) in [6.07, 6.45) is 5.38. The van der Waals surface area contributed by atoms with Crippen molar-refractivity contribution in [3.63, 3.8) is 0 Å². The number of hydrogen-bond donors (Lipinski definition) is 1. The molecule has 0 bridgehead atoms. The highest BCUT2D eigenvalue weighted by molar-refractivity contribution is 5.75. The van der Waals surface area contributed by atoms with E-state index in [0.29, 0.717) is 12.3 Å². The van der Waals surface area contributed by atoms with E-state index >= 15 is 0 Å². The molecule has 104 valence electrons. The van der Waals surface area contributed by atoms with Crippen molar-refractivity contribution in [2.75, 3.05) is 40.3 Å². The Morgan fingerprint density at radius 2 is 2.22 bits per heavy atom. The molecule has 1 heterocycles. The van der Waals surface area contributed by atoms with Gasteiger partial charge < -0.3 is 15.5 Å². The van der Waals surface area contributed by atoms with Gasteiger partial charge in [0.25, 0.3) is 0 Å². The lowest BCUT2D eigenvalue weighted by Gasteiger charge is -2.23.